The Labute approximate surface area is 112 Å². The summed E-state index contributed by atoms with van der Waals surface area (Å²) < 4.78 is 26.5. The van der Waals surface area contributed by atoms with E-state index in [2.05, 4.69) is 5.32 Å². The Morgan fingerprint density at radius 2 is 1.84 bits per heavy atom. The molecule has 0 amide bonds. The predicted molar refractivity (Wildman–Crippen MR) is 68.1 cm³/mol. The lowest BCUT2D eigenvalue weighted by molar-refractivity contribution is 0.0698. The summed E-state index contributed by atoms with van der Waals surface area (Å²) in [5.41, 5.74) is -0.151. The van der Waals surface area contributed by atoms with E-state index in [0.717, 1.165) is 18.2 Å². The molecule has 2 rings (SSSR count). The lowest BCUT2D eigenvalue weighted by atomic mass is 10.1. The molecule has 0 spiro atoms. The third-order valence-electron chi connectivity index (χ3n) is 2.41. The highest BCUT2D eigenvalue weighted by Gasteiger charge is 2.12. The summed E-state index contributed by atoms with van der Waals surface area (Å²) in [6, 6.07) is 6.93. The van der Waals surface area contributed by atoms with Crippen LogP contribution in [0.5, 0.6) is 0 Å². The van der Waals surface area contributed by atoms with Crippen LogP contribution in [0.2, 0.25) is 5.02 Å². The molecule has 0 saturated heterocycles. The highest BCUT2D eigenvalue weighted by molar-refractivity contribution is 6.31. The van der Waals surface area contributed by atoms with Crippen LogP contribution < -0.4 is 5.32 Å². The molecule has 2 aromatic rings. The minimum Gasteiger partial charge on any atom is -0.478 e. The molecule has 2 N–H and O–H groups in total. The fourth-order valence-electron chi connectivity index (χ4n) is 1.54. The summed E-state index contributed by atoms with van der Waals surface area (Å²) in [4.78, 5) is 11.0. The molecule has 0 saturated carbocycles. The molecule has 0 aromatic heterocycles. The largest absolute Gasteiger partial charge is 0.478 e. The molecule has 19 heavy (non-hydrogen) atoms. The first-order valence-corrected chi connectivity index (χ1v) is 5.60. The van der Waals surface area contributed by atoms with E-state index in [1.165, 1.54) is 18.2 Å². The summed E-state index contributed by atoms with van der Waals surface area (Å²) in [5, 5.41) is 11.8. The number of carbonyl (C=O) groups is 1. The normalized spacial score (nSPS) is 10.3. The SMILES string of the molecule is O=C(O)c1cc(Cl)ccc1Nc1cc(F)ccc1F. The minimum absolute atomic E-state index is 0.126. The number of benzene rings is 2. The van der Waals surface area contributed by atoms with Crippen molar-refractivity contribution in [3.8, 4) is 0 Å². The Balaban J connectivity index is 2.43. The number of carboxylic acid groups (broad SMARTS) is 1. The van der Waals surface area contributed by atoms with Gasteiger partial charge in [-0.15, -0.1) is 0 Å². The van der Waals surface area contributed by atoms with E-state index in [-0.39, 0.29) is 22.0 Å². The smallest absolute Gasteiger partial charge is 0.337 e. The summed E-state index contributed by atoms with van der Waals surface area (Å²) in [7, 11) is 0. The maximum absolute atomic E-state index is 13.5. The fourth-order valence-corrected chi connectivity index (χ4v) is 1.71. The molecule has 2 aromatic carbocycles. The zero-order valence-corrected chi connectivity index (χ0v) is 10.2. The first-order valence-electron chi connectivity index (χ1n) is 5.22. The van der Waals surface area contributed by atoms with Gasteiger partial charge in [0.15, 0.2) is 0 Å². The Morgan fingerprint density at radius 3 is 2.53 bits per heavy atom. The summed E-state index contributed by atoms with van der Waals surface area (Å²) in [5.74, 6) is -2.54. The van der Waals surface area contributed by atoms with Crippen LogP contribution in [0.4, 0.5) is 20.2 Å². The van der Waals surface area contributed by atoms with Crippen LogP contribution in [0.15, 0.2) is 36.4 Å². The molecule has 0 aliphatic rings. The van der Waals surface area contributed by atoms with Gasteiger partial charge in [0.05, 0.1) is 16.9 Å². The van der Waals surface area contributed by atoms with Crippen molar-refractivity contribution in [2.24, 2.45) is 0 Å². The Kier molecular flexibility index (Phi) is 3.66. The van der Waals surface area contributed by atoms with Crippen LogP contribution in [0.25, 0.3) is 0 Å². The predicted octanol–water partition coefficient (Wildman–Crippen LogP) is 4.06. The first-order chi connectivity index (χ1) is 8.97. The number of aromatic carboxylic acids is 1. The van der Waals surface area contributed by atoms with Gasteiger partial charge in [0.2, 0.25) is 0 Å². The molecule has 3 nitrogen and oxygen atoms in total. The standard InChI is InChI=1S/C13H8ClF2NO2/c14-7-1-4-11(9(5-7)13(18)19)17-12-6-8(15)2-3-10(12)16/h1-6,17H,(H,18,19). The molecule has 0 atom stereocenters. The van der Waals surface area contributed by atoms with Gasteiger partial charge in [-0.05, 0) is 30.3 Å². The molecule has 0 bridgehead atoms. The van der Waals surface area contributed by atoms with Crippen molar-refractivity contribution in [1.82, 2.24) is 0 Å². The Morgan fingerprint density at radius 1 is 1.11 bits per heavy atom. The zero-order chi connectivity index (χ0) is 14.0. The zero-order valence-electron chi connectivity index (χ0n) is 9.45. The van der Waals surface area contributed by atoms with Crippen LogP contribution in [-0.2, 0) is 0 Å². The second-order valence-electron chi connectivity index (χ2n) is 3.74. The van der Waals surface area contributed by atoms with E-state index in [1.807, 2.05) is 0 Å². The summed E-state index contributed by atoms with van der Waals surface area (Å²) in [6.45, 7) is 0. The van der Waals surface area contributed by atoms with Crippen molar-refractivity contribution in [3.63, 3.8) is 0 Å². The molecular weight excluding hydrogens is 276 g/mol. The van der Waals surface area contributed by atoms with Crippen LogP contribution >= 0.6 is 11.6 Å². The average Bonchev–Trinajstić information content (AvgIpc) is 2.35. The second kappa shape index (κ2) is 5.24. The van der Waals surface area contributed by atoms with E-state index in [4.69, 9.17) is 16.7 Å². The van der Waals surface area contributed by atoms with Gasteiger partial charge < -0.3 is 10.4 Å². The first kappa shape index (κ1) is 13.3. The topological polar surface area (TPSA) is 49.3 Å². The van der Waals surface area contributed by atoms with Crippen molar-refractivity contribution in [2.75, 3.05) is 5.32 Å². The lowest BCUT2D eigenvalue weighted by Crippen LogP contribution is -2.03. The van der Waals surface area contributed by atoms with Crippen LogP contribution in [0, 0.1) is 11.6 Å². The Bertz CT molecular complexity index is 647. The maximum Gasteiger partial charge on any atom is 0.337 e. The van der Waals surface area contributed by atoms with Crippen molar-refractivity contribution >= 4 is 28.9 Å². The Hall–Kier alpha value is -2.14. The lowest BCUT2D eigenvalue weighted by Gasteiger charge is -2.10. The van der Waals surface area contributed by atoms with E-state index >= 15 is 0 Å². The average molecular weight is 284 g/mol. The quantitative estimate of drug-likeness (QED) is 0.893. The molecule has 0 aliphatic heterocycles. The van der Waals surface area contributed by atoms with Gasteiger partial charge in [-0.1, -0.05) is 11.6 Å². The van der Waals surface area contributed by atoms with Gasteiger partial charge in [0, 0.05) is 11.1 Å². The monoisotopic (exact) mass is 283 g/mol. The molecule has 0 aliphatic carbocycles. The summed E-state index contributed by atoms with van der Waals surface area (Å²) >= 11 is 5.70. The van der Waals surface area contributed by atoms with Crippen molar-refractivity contribution in [1.29, 1.82) is 0 Å². The van der Waals surface area contributed by atoms with Gasteiger partial charge in [-0.25, -0.2) is 13.6 Å². The number of carboxylic acids is 1. The second-order valence-corrected chi connectivity index (χ2v) is 4.18. The molecule has 6 heteroatoms. The highest BCUT2D eigenvalue weighted by Crippen LogP contribution is 2.26. The third-order valence-corrected chi connectivity index (χ3v) is 2.64. The number of anilines is 2. The van der Waals surface area contributed by atoms with Crippen molar-refractivity contribution < 1.29 is 18.7 Å². The number of rotatable bonds is 3. The van der Waals surface area contributed by atoms with E-state index in [1.54, 1.807) is 0 Å². The fraction of sp³-hybridized carbons (Fsp3) is 0. The maximum atomic E-state index is 13.5. The van der Waals surface area contributed by atoms with Crippen LogP contribution in [-0.4, -0.2) is 11.1 Å². The molecule has 98 valence electrons. The molecule has 0 heterocycles. The van der Waals surface area contributed by atoms with Gasteiger partial charge in [0.25, 0.3) is 0 Å². The molecular formula is C13H8ClF2NO2. The summed E-state index contributed by atoms with van der Waals surface area (Å²) in [6.07, 6.45) is 0. The van der Waals surface area contributed by atoms with Gasteiger partial charge in [0.1, 0.15) is 11.6 Å². The van der Waals surface area contributed by atoms with E-state index < -0.39 is 17.6 Å². The number of halogens is 3. The third kappa shape index (κ3) is 3.00. The number of hydrogen-bond acceptors (Lipinski definition) is 2. The van der Waals surface area contributed by atoms with Gasteiger partial charge in [-0.3, -0.25) is 0 Å². The van der Waals surface area contributed by atoms with E-state index in [0.29, 0.717) is 0 Å². The molecule has 0 fully saturated rings. The minimum atomic E-state index is -1.22. The highest BCUT2D eigenvalue weighted by atomic mass is 35.5. The van der Waals surface area contributed by atoms with Crippen molar-refractivity contribution in [2.45, 2.75) is 0 Å². The van der Waals surface area contributed by atoms with E-state index in [9.17, 15) is 13.6 Å². The van der Waals surface area contributed by atoms with Gasteiger partial charge in [-0.2, -0.15) is 0 Å². The van der Waals surface area contributed by atoms with Crippen LogP contribution in [0.3, 0.4) is 0 Å². The number of hydrogen-bond donors (Lipinski definition) is 2. The van der Waals surface area contributed by atoms with Crippen LogP contribution in [0.1, 0.15) is 10.4 Å². The van der Waals surface area contributed by atoms with Gasteiger partial charge >= 0.3 is 5.97 Å². The van der Waals surface area contributed by atoms with Crippen molar-refractivity contribution in [3.05, 3.63) is 58.6 Å². The molecule has 0 unspecified atom stereocenters. The number of nitrogens with one attached hydrogen (secondary N) is 1. The molecule has 0 radical (unpaired) electrons.